The molecule has 0 spiro atoms. The van der Waals surface area contributed by atoms with Crippen molar-refractivity contribution in [2.45, 2.75) is 52.5 Å². The number of nitrogens with zero attached hydrogens (tertiary/aromatic N) is 1. The second-order valence-electron chi connectivity index (χ2n) is 9.92. The fourth-order valence-corrected chi connectivity index (χ4v) is 4.85. The molecule has 0 radical (unpaired) electrons. The number of hydrogen-bond acceptors (Lipinski definition) is 4. The number of carboxylic acids is 1. The maximum Gasteiger partial charge on any atom is 0.407 e. The summed E-state index contributed by atoms with van der Waals surface area (Å²) in [5.41, 5.74) is 4.64. The Bertz CT molecular complexity index is 1000. The first-order valence-electron chi connectivity index (χ1n) is 12.3. The van der Waals surface area contributed by atoms with Gasteiger partial charge in [0.1, 0.15) is 13.2 Å². The Morgan fingerprint density at radius 3 is 2.06 bits per heavy atom. The van der Waals surface area contributed by atoms with Gasteiger partial charge in [-0.05, 0) is 54.4 Å². The van der Waals surface area contributed by atoms with Crippen molar-refractivity contribution in [2.24, 2.45) is 11.8 Å². The van der Waals surface area contributed by atoms with Gasteiger partial charge in [-0.3, -0.25) is 9.59 Å². The van der Waals surface area contributed by atoms with Gasteiger partial charge in [0, 0.05) is 24.9 Å². The number of rotatable bonds is 11. The second-order valence-corrected chi connectivity index (χ2v) is 9.92. The van der Waals surface area contributed by atoms with E-state index in [2.05, 4.69) is 43.4 Å². The van der Waals surface area contributed by atoms with E-state index in [1.807, 2.05) is 24.3 Å². The lowest BCUT2D eigenvalue weighted by atomic mass is 9.93. The molecule has 0 aromatic heterocycles. The molecule has 0 saturated heterocycles. The summed E-state index contributed by atoms with van der Waals surface area (Å²) in [4.78, 5) is 37.9. The zero-order chi connectivity index (χ0) is 25.5. The molecule has 0 unspecified atom stereocenters. The van der Waals surface area contributed by atoms with Gasteiger partial charge in [-0.25, -0.2) is 4.79 Å². The summed E-state index contributed by atoms with van der Waals surface area (Å²) >= 11 is 0. The predicted octanol–water partition coefficient (Wildman–Crippen LogP) is 4.90. The first-order chi connectivity index (χ1) is 16.7. The zero-order valence-corrected chi connectivity index (χ0v) is 21.0. The molecule has 0 heterocycles. The van der Waals surface area contributed by atoms with Crippen molar-refractivity contribution in [1.29, 1.82) is 0 Å². The number of alkyl carbamates (subject to hydrolysis) is 1. The standard InChI is InChI=1S/C28H36N2O5/c1-18(2)13-20(14-26(31)30(19(3)4)16-27(32)33)15-29-28(34)35-17-25-23-11-7-5-9-21(23)22-10-6-8-12-24(22)25/h5-12,18-20,25H,13-17H2,1-4H3,(H,29,34)(H,32,33)/t20-/m0/s1. The highest BCUT2D eigenvalue weighted by Crippen LogP contribution is 2.44. The van der Waals surface area contributed by atoms with E-state index in [0.29, 0.717) is 12.5 Å². The molecule has 0 fully saturated rings. The van der Waals surface area contributed by atoms with Crippen molar-refractivity contribution in [3.05, 3.63) is 59.7 Å². The van der Waals surface area contributed by atoms with Crippen LogP contribution in [0.3, 0.4) is 0 Å². The van der Waals surface area contributed by atoms with Crippen molar-refractivity contribution < 1.29 is 24.2 Å². The van der Waals surface area contributed by atoms with Crippen LogP contribution in [0.5, 0.6) is 0 Å². The van der Waals surface area contributed by atoms with Crippen molar-refractivity contribution in [1.82, 2.24) is 10.2 Å². The fraction of sp³-hybridized carbons (Fsp3) is 0.464. The SMILES string of the molecule is CC(C)C[C@H](CNC(=O)OCC1c2ccccc2-c2ccccc21)CC(=O)N(CC(=O)O)C(C)C. The first kappa shape index (κ1) is 26.3. The number of carbonyl (C=O) groups excluding carboxylic acids is 2. The molecule has 3 rings (SSSR count). The molecule has 2 N–H and O–H groups in total. The van der Waals surface area contributed by atoms with E-state index in [1.54, 1.807) is 13.8 Å². The third kappa shape index (κ3) is 6.84. The number of nitrogens with one attached hydrogen (secondary N) is 1. The summed E-state index contributed by atoms with van der Waals surface area (Å²) < 4.78 is 5.62. The molecule has 0 saturated carbocycles. The summed E-state index contributed by atoms with van der Waals surface area (Å²) in [6.45, 7) is 7.91. The van der Waals surface area contributed by atoms with Crippen LogP contribution in [0, 0.1) is 11.8 Å². The van der Waals surface area contributed by atoms with Crippen LogP contribution < -0.4 is 5.32 Å². The molecule has 2 aromatic rings. The Balaban J connectivity index is 1.58. The summed E-state index contributed by atoms with van der Waals surface area (Å²) in [7, 11) is 0. The summed E-state index contributed by atoms with van der Waals surface area (Å²) in [6, 6.07) is 16.1. The van der Waals surface area contributed by atoms with Gasteiger partial charge in [0.2, 0.25) is 5.91 Å². The van der Waals surface area contributed by atoms with Crippen molar-refractivity contribution in [2.75, 3.05) is 19.7 Å². The van der Waals surface area contributed by atoms with E-state index in [0.717, 1.165) is 17.5 Å². The molecule has 0 aliphatic heterocycles. The Morgan fingerprint density at radius 2 is 1.54 bits per heavy atom. The third-order valence-electron chi connectivity index (χ3n) is 6.40. The number of carboxylic acid groups (broad SMARTS) is 1. The lowest BCUT2D eigenvalue weighted by Gasteiger charge is -2.28. The van der Waals surface area contributed by atoms with Crippen LogP contribution in [-0.2, 0) is 14.3 Å². The predicted molar refractivity (Wildman–Crippen MR) is 135 cm³/mol. The molecule has 7 nitrogen and oxygen atoms in total. The summed E-state index contributed by atoms with van der Waals surface area (Å²) in [5, 5.41) is 12.0. The molecule has 1 aliphatic rings. The van der Waals surface area contributed by atoms with Gasteiger partial charge in [-0.15, -0.1) is 0 Å². The number of amides is 2. The number of hydrogen-bond donors (Lipinski definition) is 2. The van der Waals surface area contributed by atoms with Crippen molar-refractivity contribution in [3.63, 3.8) is 0 Å². The van der Waals surface area contributed by atoms with Gasteiger partial charge in [-0.2, -0.15) is 0 Å². The quantitative estimate of drug-likeness (QED) is 0.477. The lowest BCUT2D eigenvalue weighted by Crippen LogP contribution is -2.42. The maximum atomic E-state index is 12.8. The minimum Gasteiger partial charge on any atom is -0.480 e. The van der Waals surface area contributed by atoms with Gasteiger partial charge in [0.15, 0.2) is 0 Å². The average Bonchev–Trinajstić information content (AvgIpc) is 3.12. The molecule has 1 aliphatic carbocycles. The largest absolute Gasteiger partial charge is 0.480 e. The molecular formula is C28H36N2O5. The highest BCUT2D eigenvalue weighted by atomic mass is 16.5. The topological polar surface area (TPSA) is 95.9 Å². The van der Waals surface area contributed by atoms with Crippen LogP contribution in [0.25, 0.3) is 11.1 Å². The fourth-order valence-electron chi connectivity index (χ4n) is 4.85. The van der Waals surface area contributed by atoms with Crippen LogP contribution in [0.15, 0.2) is 48.5 Å². The van der Waals surface area contributed by atoms with Gasteiger partial charge in [0.25, 0.3) is 0 Å². The monoisotopic (exact) mass is 480 g/mol. The number of fused-ring (bicyclic) bond motifs is 3. The zero-order valence-electron chi connectivity index (χ0n) is 21.0. The van der Waals surface area contributed by atoms with E-state index in [4.69, 9.17) is 9.84 Å². The Kier molecular flexibility index (Phi) is 8.90. The molecule has 188 valence electrons. The summed E-state index contributed by atoms with van der Waals surface area (Å²) in [6.07, 6.45) is 0.390. The number of benzene rings is 2. The highest BCUT2D eigenvalue weighted by Gasteiger charge is 2.29. The van der Waals surface area contributed by atoms with Gasteiger partial charge in [-0.1, -0.05) is 62.4 Å². The van der Waals surface area contributed by atoms with Gasteiger partial charge in [0.05, 0.1) is 0 Å². The van der Waals surface area contributed by atoms with E-state index in [9.17, 15) is 14.4 Å². The Morgan fingerprint density at radius 1 is 0.971 bits per heavy atom. The molecule has 0 bridgehead atoms. The number of aliphatic carboxylic acids is 1. The number of carbonyl (C=O) groups is 3. The van der Waals surface area contributed by atoms with Gasteiger partial charge < -0.3 is 20.1 Å². The highest BCUT2D eigenvalue weighted by molar-refractivity contribution is 5.82. The average molecular weight is 481 g/mol. The van der Waals surface area contributed by atoms with Crippen molar-refractivity contribution in [3.8, 4) is 11.1 Å². The van der Waals surface area contributed by atoms with E-state index >= 15 is 0 Å². The Labute approximate surface area is 207 Å². The first-order valence-corrected chi connectivity index (χ1v) is 12.3. The summed E-state index contributed by atoms with van der Waals surface area (Å²) in [5.74, 6) is -1.06. The molecule has 35 heavy (non-hydrogen) atoms. The van der Waals surface area contributed by atoms with Crippen LogP contribution in [-0.4, -0.2) is 53.7 Å². The van der Waals surface area contributed by atoms with Crippen LogP contribution in [0.1, 0.15) is 57.6 Å². The molecule has 2 aromatic carbocycles. The smallest absolute Gasteiger partial charge is 0.407 e. The minimum absolute atomic E-state index is 0.0168. The minimum atomic E-state index is -1.04. The van der Waals surface area contributed by atoms with E-state index in [-0.39, 0.29) is 43.4 Å². The maximum absolute atomic E-state index is 12.8. The van der Waals surface area contributed by atoms with Crippen molar-refractivity contribution >= 4 is 18.0 Å². The molecule has 2 amide bonds. The van der Waals surface area contributed by atoms with Crippen LogP contribution in [0.2, 0.25) is 0 Å². The van der Waals surface area contributed by atoms with E-state index in [1.165, 1.54) is 16.0 Å². The Hall–Kier alpha value is -3.35. The molecule has 7 heteroatoms. The van der Waals surface area contributed by atoms with E-state index < -0.39 is 12.1 Å². The molecular weight excluding hydrogens is 444 g/mol. The normalized spacial score (nSPS) is 13.3. The van der Waals surface area contributed by atoms with Crippen LogP contribution in [0.4, 0.5) is 4.79 Å². The van der Waals surface area contributed by atoms with Gasteiger partial charge >= 0.3 is 12.1 Å². The lowest BCUT2D eigenvalue weighted by molar-refractivity contribution is -0.146. The number of ether oxygens (including phenoxy) is 1. The van der Waals surface area contributed by atoms with Crippen LogP contribution >= 0.6 is 0 Å². The third-order valence-corrected chi connectivity index (χ3v) is 6.40. The second kappa shape index (κ2) is 11.9. The molecule has 1 atom stereocenters.